The summed E-state index contributed by atoms with van der Waals surface area (Å²) in [6.07, 6.45) is 0. The molecule has 0 bridgehead atoms. The molecule has 0 aliphatic heterocycles. The van der Waals surface area contributed by atoms with Crippen LogP contribution < -0.4 is 4.74 Å². The highest BCUT2D eigenvalue weighted by Crippen LogP contribution is 2.36. The van der Waals surface area contributed by atoms with Crippen LogP contribution >= 0.6 is 0 Å². The van der Waals surface area contributed by atoms with Gasteiger partial charge in [-0.25, -0.2) is 0 Å². The highest BCUT2D eigenvalue weighted by atomic mass is 16.6. The van der Waals surface area contributed by atoms with Crippen molar-refractivity contribution in [2.75, 3.05) is 0 Å². The molecule has 0 aromatic heterocycles. The summed E-state index contributed by atoms with van der Waals surface area (Å²) in [4.78, 5) is 31.9. The van der Waals surface area contributed by atoms with E-state index in [1.807, 2.05) is 0 Å². The summed E-state index contributed by atoms with van der Waals surface area (Å²) in [6.45, 7) is 1.28. The number of para-hydroxylation sites is 2. The maximum atomic E-state index is 11.3. The molecule has 0 radical (unpaired) electrons. The highest BCUT2D eigenvalue weighted by Gasteiger charge is 2.21. The predicted molar refractivity (Wildman–Crippen MR) is 76.3 cm³/mol. The third-order valence-electron chi connectivity index (χ3n) is 2.84. The summed E-state index contributed by atoms with van der Waals surface area (Å²) < 4.78 is 5.30. The fourth-order valence-electron chi connectivity index (χ4n) is 1.78. The molecular formula is C14H10N2O6. The van der Waals surface area contributed by atoms with E-state index in [1.165, 1.54) is 43.3 Å². The summed E-state index contributed by atoms with van der Waals surface area (Å²) >= 11 is 0. The van der Waals surface area contributed by atoms with Gasteiger partial charge in [0, 0.05) is 17.7 Å². The smallest absolute Gasteiger partial charge is 0.312 e. The molecule has 2 aromatic rings. The molecule has 2 aromatic carbocycles. The van der Waals surface area contributed by atoms with Crippen molar-refractivity contribution >= 4 is 17.2 Å². The second kappa shape index (κ2) is 6.00. The van der Waals surface area contributed by atoms with Gasteiger partial charge in [0.1, 0.15) is 0 Å². The molecule has 0 unspecified atom stereocenters. The Hall–Kier alpha value is -3.29. The molecule has 0 amide bonds. The zero-order valence-corrected chi connectivity index (χ0v) is 11.4. The number of hydrogen-bond donors (Lipinski definition) is 0. The minimum Gasteiger partial charge on any atom is -0.443 e. The van der Waals surface area contributed by atoms with E-state index in [9.17, 15) is 25.0 Å². The number of hydrogen-bond acceptors (Lipinski definition) is 6. The molecule has 112 valence electrons. The van der Waals surface area contributed by atoms with Crippen molar-refractivity contribution < 1.29 is 19.4 Å². The maximum absolute atomic E-state index is 11.3. The number of ketones is 1. The van der Waals surface area contributed by atoms with Gasteiger partial charge in [-0.3, -0.25) is 25.0 Å². The van der Waals surface area contributed by atoms with Crippen molar-refractivity contribution in [3.63, 3.8) is 0 Å². The van der Waals surface area contributed by atoms with Crippen LogP contribution in [-0.4, -0.2) is 15.6 Å². The third-order valence-corrected chi connectivity index (χ3v) is 2.84. The van der Waals surface area contributed by atoms with Crippen LogP contribution in [0.2, 0.25) is 0 Å². The highest BCUT2D eigenvalue weighted by molar-refractivity contribution is 5.95. The third kappa shape index (κ3) is 3.06. The Morgan fingerprint density at radius 2 is 1.55 bits per heavy atom. The molecule has 0 spiro atoms. The number of nitro groups is 2. The number of carbonyl (C=O) groups is 1. The Balaban J connectivity index is 2.48. The molecule has 0 aliphatic carbocycles. The number of rotatable bonds is 5. The van der Waals surface area contributed by atoms with E-state index < -0.39 is 15.5 Å². The van der Waals surface area contributed by atoms with E-state index in [4.69, 9.17) is 4.74 Å². The second-order valence-electron chi connectivity index (χ2n) is 4.32. The van der Waals surface area contributed by atoms with Crippen LogP contribution in [0.25, 0.3) is 0 Å². The molecule has 8 nitrogen and oxygen atoms in total. The van der Waals surface area contributed by atoms with E-state index in [0.717, 1.165) is 6.07 Å². The van der Waals surface area contributed by atoms with Crippen LogP contribution in [0.15, 0.2) is 42.5 Å². The van der Waals surface area contributed by atoms with E-state index >= 15 is 0 Å². The summed E-state index contributed by atoms with van der Waals surface area (Å²) in [5.74, 6) is -0.629. The molecule has 0 fully saturated rings. The quantitative estimate of drug-likeness (QED) is 0.474. The summed E-state index contributed by atoms with van der Waals surface area (Å²) in [5, 5.41) is 22.0. The van der Waals surface area contributed by atoms with Gasteiger partial charge in [-0.2, -0.15) is 0 Å². The zero-order valence-electron chi connectivity index (χ0n) is 11.4. The number of ether oxygens (including phenoxy) is 1. The Morgan fingerprint density at radius 1 is 0.955 bits per heavy atom. The normalized spacial score (nSPS) is 10.0. The van der Waals surface area contributed by atoms with Gasteiger partial charge >= 0.3 is 11.4 Å². The first kappa shape index (κ1) is 15.1. The van der Waals surface area contributed by atoms with Crippen LogP contribution in [0.4, 0.5) is 11.4 Å². The fraction of sp³-hybridized carbons (Fsp3) is 0.0714. The standard InChI is InChI=1S/C14H10N2O6/c1-9(17)10-6-7-14(12(8-10)16(20)21)22-13-5-3-2-4-11(13)15(18)19/h2-8H,1H3. The largest absolute Gasteiger partial charge is 0.443 e. The number of Topliss-reactive ketones (excluding diaryl/α,β-unsaturated/α-hetero) is 1. The topological polar surface area (TPSA) is 113 Å². The molecule has 0 heterocycles. The minimum absolute atomic E-state index is 0.119. The molecule has 0 saturated carbocycles. The van der Waals surface area contributed by atoms with Crippen LogP contribution in [0.3, 0.4) is 0 Å². The molecule has 2 rings (SSSR count). The van der Waals surface area contributed by atoms with Crippen molar-refractivity contribution in [1.82, 2.24) is 0 Å². The minimum atomic E-state index is -0.712. The van der Waals surface area contributed by atoms with Crippen molar-refractivity contribution in [2.45, 2.75) is 6.92 Å². The molecule has 0 saturated heterocycles. The van der Waals surface area contributed by atoms with Gasteiger partial charge in [0.25, 0.3) is 0 Å². The van der Waals surface area contributed by atoms with E-state index in [-0.39, 0.29) is 28.5 Å². The molecule has 0 aliphatic rings. The summed E-state index contributed by atoms with van der Waals surface area (Å²) in [5.41, 5.74) is -0.597. The lowest BCUT2D eigenvalue weighted by molar-refractivity contribution is -0.387. The zero-order chi connectivity index (χ0) is 16.3. The van der Waals surface area contributed by atoms with Crippen molar-refractivity contribution in [1.29, 1.82) is 0 Å². The van der Waals surface area contributed by atoms with Gasteiger partial charge < -0.3 is 4.74 Å². The Morgan fingerprint density at radius 3 is 2.14 bits per heavy atom. The molecule has 0 atom stereocenters. The lowest BCUT2D eigenvalue weighted by atomic mass is 10.1. The van der Waals surface area contributed by atoms with Gasteiger partial charge in [0.15, 0.2) is 5.78 Å². The number of nitro benzene ring substituents is 2. The van der Waals surface area contributed by atoms with E-state index in [2.05, 4.69) is 0 Å². The SMILES string of the molecule is CC(=O)c1ccc(Oc2ccccc2[N+](=O)[O-])c([N+](=O)[O-])c1. The van der Waals surface area contributed by atoms with Crippen molar-refractivity contribution in [3.05, 3.63) is 68.3 Å². The molecular weight excluding hydrogens is 292 g/mol. The molecule has 0 N–H and O–H groups in total. The van der Waals surface area contributed by atoms with Gasteiger partial charge in [-0.05, 0) is 25.1 Å². The lowest BCUT2D eigenvalue weighted by Crippen LogP contribution is -1.99. The number of nitrogens with zero attached hydrogens (tertiary/aromatic N) is 2. The number of carbonyl (C=O) groups excluding carboxylic acids is 1. The van der Waals surface area contributed by atoms with Crippen LogP contribution in [0.5, 0.6) is 11.5 Å². The average molecular weight is 302 g/mol. The summed E-state index contributed by atoms with van der Waals surface area (Å²) in [7, 11) is 0. The van der Waals surface area contributed by atoms with Crippen LogP contribution in [0.1, 0.15) is 17.3 Å². The molecule has 22 heavy (non-hydrogen) atoms. The average Bonchev–Trinajstić information content (AvgIpc) is 2.47. The van der Waals surface area contributed by atoms with E-state index in [0.29, 0.717) is 0 Å². The maximum Gasteiger partial charge on any atom is 0.312 e. The van der Waals surface area contributed by atoms with Crippen LogP contribution in [-0.2, 0) is 0 Å². The van der Waals surface area contributed by atoms with Crippen LogP contribution in [0, 0.1) is 20.2 Å². The molecule has 8 heteroatoms. The van der Waals surface area contributed by atoms with E-state index in [1.54, 1.807) is 0 Å². The van der Waals surface area contributed by atoms with Crippen molar-refractivity contribution in [3.8, 4) is 11.5 Å². The first-order valence-corrected chi connectivity index (χ1v) is 6.11. The van der Waals surface area contributed by atoms with Crippen molar-refractivity contribution in [2.24, 2.45) is 0 Å². The van der Waals surface area contributed by atoms with Gasteiger partial charge in [-0.1, -0.05) is 12.1 Å². The number of benzene rings is 2. The Labute approximate surface area is 124 Å². The second-order valence-corrected chi connectivity index (χ2v) is 4.32. The van der Waals surface area contributed by atoms with Gasteiger partial charge in [-0.15, -0.1) is 0 Å². The monoisotopic (exact) mass is 302 g/mol. The predicted octanol–water partition coefficient (Wildman–Crippen LogP) is 3.50. The van der Waals surface area contributed by atoms with Gasteiger partial charge in [0.05, 0.1) is 9.85 Å². The Bertz CT molecular complexity index is 772. The Kier molecular flexibility index (Phi) is 4.12. The summed E-state index contributed by atoms with van der Waals surface area (Å²) in [6, 6.07) is 9.21. The fourth-order valence-corrected chi connectivity index (χ4v) is 1.78. The lowest BCUT2D eigenvalue weighted by Gasteiger charge is -2.07. The van der Waals surface area contributed by atoms with Gasteiger partial charge in [0.2, 0.25) is 11.5 Å². The first-order chi connectivity index (χ1) is 10.4. The first-order valence-electron chi connectivity index (χ1n) is 6.11.